The van der Waals surface area contributed by atoms with Crippen LogP contribution in [-0.4, -0.2) is 30.0 Å². The number of methoxy groups -OCH3 is 1. The van der Waals surface area contributed by atoms with Crippen molar-refractivity contribution in [2.24, 2.45) is 0 Å². The first-order valence-electron chi connectivity index (χ1n) is 5.58. The van der Waals surface area contributed by atoms with E-state index < -0.39 is 12.0 Å². The second-order valence-corrected chi connectivity index (χ2v) is 3.96. The normalized spacial score (nSPS) is 12.1. The van der Waals surface area contributed by atoms with Crippen LogP contribution in [0.2, 0.25) is 0 Å². The molecule has 0 fully saturated rings. The number of esters is 1. The second-order valence-electron chi connectivity index (χ2n) is 3.96. The highest BCUT2D eigenvalue weighted by molar-refractivity contribution is 6.07. The number of fused-ring (bicyclic) bond motifs is 1. The molecule has 0 aliphatic carbocycles. The van der Waals surface area contributed by atoms with Gasteiger partial charge in [0.15, 0.2) is 0 Å². The first-order valence-corrected chi connectivity index (χ1v) is 5.58. The van der Waals surface area contributed by atoms with Gasteiger partial charge in [-0.25, -0.2) is 4.79 Å². The third-order valence-electron chi connectivity index (χ3n) is 2.74. The Bertz CT molecular complexity index is 589. The van der Waals surface area contributed by atoms with E-state index in [1.54, 1.807) is 25.3 Å². The Morgan fingerprint density at radius 1 is 1.33 bits per heavy atom. The third kappa shape index (κ3) is 2.20. The topological polar surface area (TPSA) is 71.2 Å². The number of hydrogen-bond acceptors (Lipinski definition) is 3. The molecule has 2 rings (SSSR count). The highest BCUT2D eigenvalue weighted by Gasteiger charge is 2.18. The average molecular weight is 246 g/mol. The van der Waals surface area contributed by atoms with Gasteiger partial charge in [-0.05, 0) is 25.1 Å². The number of carbonyl (C=O) groups excluding carboxylic acids is 2. The van der Waals surface area contributed by atoms with Crippen molar-refractivity contribution in [2.45, 2.75) is 13.0 Å². The Kier molecular flexibility index (Phi) is 3.32. The molecule has 1 aromatic carbocycles. The van der Waals surface area contributed by atoms with Crippen LogP contribution < -0.4 is 5.32 Å². The summed E-state index contributed by atoms with van der Waals surface area (Å²) in [6.07, 6.45) is 1.77. The molecule has 1 unspecified atom stereocenters. The lowest BCUT2D eigenvalue weighted by molar-refractivity contribution is -0.142. The van der Waals surface area contributed by atoms with Crippen molar-refractivity contribution in [3.05, 3.63) is 36.0 Å². The zero-order valence-electron chi connectivity index (χ0n) is 10.2. The number of hydrogen-bond donors (Lipinski definition) is 2. The summed E-state index contributed by atoms with van der Waals surface area (Å²) in [4.78, 5) is 26.3. The molecule has 0 saturated carbocycles. The Morgan fingerprint density at radius 2 is 2.11 bits per heavy atom. The lowest BCUT2D eigenvalue weighted by Crippen LogP contribution is -2.39. The van der Waals surface area contributed by atoms with Gasteiger partial charge in [0.05, 0.1) is 7.11 Å². The van der Waals surface area contributed by atoms with E-state index in [0.29, 0.717) is 5.56 Å². The number of aromatic nitrogens is 1. The van der Waals surface area contributed by atoms with Crippen LogP contribution in [0.25, 0.3) is 10.9 Å². The van der Waals surface area contributed by atoms with Crippen LogP contribution in [0.15, 0.2) is 30.5 Å². The van der Waals surface area contributed by atoms with Crippen molar-refractivity contribution in [1.82, 2.24) is 10.3 Å². The molecule has 1 heterocycles. The van der Waals surface area contributed by atoms with Crippen molar-refractivity contribution in [3.8, 4) is 0 Å². The van der Waals surface area contributed by atoms with E-state index in [1.807, 2.05) is 12.1 Å². The standard InChI is InChI=1S/C13H14N2O3/c1-8(13(17)18-2)15-12(16)10-4-3-5-11-9(10)6-7-14-11/h3-8,14H,1-2H3,(H,15,16). The largest absolute Gasteiger partial charge is 0.467 e. The molecule has 0 aliphatic heterocycles. The Hall–Kier alpha value is -2.30. The summed E-state index contributed by atoms with van der Waals surface area (Å²) < 4.78 is 4.56. The molecule has 5 heteroatoms. The minimum atomic E-state index is -0.670. The van der Waals surface area contributed by atoms with E-state index in [9.17, 15) is 9.59 Å². The third-order valence-corrected chi connectivity index (χ3v) is 2.74. The Balaban J connectivity index is 2.24. The van der Waals surface area contributed by atoms with Crippen LogP contribution in [0.3, 0.4) is 0 Å². The molecule has 1 atom stereocenters. The number of carbonyl (C=O) groups is 2. The van der Waals surface area contributed by atoms with Crippen molar-refractivity contribution in [1.29, 1.82) is 0 Å². The zero-order valence-corrected chi connectivity index (χ0v) is 10.2. The first kappa shape index (κ1) is 12.2. The second kappa shape index (κ2) is 4.91. The summed E-state index contributed by atoms with van der Waals surface area (Å²) >= 11 is 0. The van der Waals surface area contributed by atoms with E-state index in [-0.39, 0.29) is 5.91 Å². The van der Waals surface area contributed by atoms with Crippen LogP contribution in [0, 0.1) is 0 Å². The maximum absolute atomic E-state index is 12.1. The monoisotopic (exact) mass is 246 g/mol. The average Bonchev–Trinajstić information content (AvgIpc) is 2.85. The van der Waals surface area contributed by atoms with Crippen LogP contribution >= 0.6 is 0 Å². The fourth-order valence-electron chi connectivity index (χ4n) is 1.79. The van der Waals surface area contributed by atoms with Gasteiger partial charge in [-0.2, -0.15) is 0 Å². The smallest absolute Gasteiger partial charge is 0.328 e. The van der Waals surface area contributed by atoms with Crippen LogP contribution in [0.5, 0.6) is 0 Å². The molecule has 0 radical (unpaired) electrons. The minimum Gasteiger partial charge on any atom is -0.467 e. The van der Waals surface area contributed by atoms with E-state index in [4.69, 9.17) is 0 Å². The fraction of sp³-hybridized carbons (Fsp3) is 0.231. The maximum Gasteiger partial charge on any atom is 0.328 e. The molecular formula is C13H14N2O3. The van der Waals surface area contributed by atoms with Gasteiger partial charge >= 0.3 is 5.97 Å². The minimum absolute atomic E-state index is 0.293. The molecule has 1 aromatic heterocycles. The van der Waals surface area contributed by atoms with E-state index in [1.165, 1.54) is 7.11 Å². The SMILES string of the molecule is COC(=O)C(C)NC(=O)c1cccc2[nH]ccc12. The molecule has 0 saturated heterocycles. The van der Waals surface area contributed by atoms with Gasteiger partial charge in [0.1, 0.15) is 6.04 Å². The lowest BCUT2D eigenvalue weighted by atomic mass is 10.1. The van der Waals surface area contributed by atoms with Gasteiger partial charge in [0, 0.05) is 22.7 Å². The van der Waals surface area contributed by atoms with Gasteiger partial charge < -0.3 is 15.0 Å². The number of benzene rings is 1. The molecule has 0 spiro atoms. The molecule has 0 aliphatic rings. The number of ether oxygens (including phenoxy) is 1. The Morgan fingerprint density at radius 3 is 2.83 bits per heavy atom. The van der Waals surface area contributed by atoms with Crippen molar-refractivity contribution >= 4 is 22.8 Å². The molecule has 2 N–H and O–H groups in total. The lowest BCUT2D eigenvalue weighted by Gasteiger charge is -2.11. The highest BCUT2D eigenvalue weighted by atomic mass is 16.5. The van der Waals surface area contributed by atoms with Crippen molar-refractivity contribution in [3.63, 3.8) is 0 Å². The number of nitrogens with one attached hydrogen (secondary N) is 2. The van der Waals surface area contributed by atoms with Gasteiger partial charge in [0.2, 0.25) is 0 Å². The predicted octanol–water partition coefficient (Wildman–Crippen LogP) is 1.46. The maximum atomic E-state index is 12.1. The molecule has 2 aromatic rings. The van der Waals surface area contributed by atoms with Gasteiger partial charge in [-0.3, -0.25) is 4.79 Å². The summed E-state index contributed by atoms with van der Waals surface area (Å²) in [5.41, 5.74) is 1.41. The number of H-pyrrole nitrogens is 1. The van der Waals surface area contributed by atoms with Gasteiger partial charge in [-0.15, -0.1) is 0 Å². The van der Waals surface area contributed by atoms with Crippen molar-refractivity contribution in [2.75, 3.05) is 7.11 Å². The number of rotatable bonds is 3. The van der Waals surface area contributed by atoms with E-state index in [0.717, 1.165) is 10.9 Å². The molecule has 94 valence electrons. The summed E-state index contributed by atoms with van der Waals surface area (Å²) in [5.74, 6) is -0.761. The van der Waals surface area contributed by atoms with E-state index in [2.05, 4.69) is 15.0 Å². The molecule has 18 heavy (non-hydrogen) atoms. The summed E-state index contributed by atoms with van der Waals surface area (Å²) in [5, 5.41) is 3.43. The zero-order chi connectivity index (χ0) is 13.1. The summed E-state index contributed by atoms with van der Waals surface area (Å²) in [6.45, 7) is 1.58. The van der Waals surface area contributed by atoms with Crippen LogP contribution in [0.4, 0.5) is 0 Å². The molecule has 0 bridgehead atoms. The summed E-state index contributed by atoms with van der Waals surface area (Å²) in [7, 11) is 1.29. The fourth-order valence-corrected chi connectivity index (χ4v) is 1.79. The first-order chi connectivity index (χ1) is 8.63. The van der Waals surface area contributed by atoms with Gasteiger partial charge in [-0.1, -0.05) is 6.07 Å². The number of amides is 1. The Labute approximate surface area is 104 Å². The van der Waals surface area contributed by atoms with Crippen LogP contribution in [-0.2, 0) is 9.53 Å². The van der Waals surface area contributed by atoms with E-state index >= 15 is 0 Å². The van der Waals surface area contributed by atoms with Crippen molar-refractivity contribution < 1.29 is 14.3 Å². The highest BCUT2D eigenvalue weighted by Crippen LogP contribution is 2.17. The van der Waals surface area contributed by atoms with Crippen LogP contribution in [0.1, 0.15) is 17.3 Å². The molecule has 1 amide bonds. The molecular weight excluding hydrogens is 232 g/mol. The van der Waals surface area contributed by atoms with Gasteiger partial charge in [0.25, 0.3) is 5.91 Å². The predicted molar refractivity (Wildman–Crippen MR) is 67.2 cm³/mol. The molecule has 5 nitrogen and oxygen atoms in total. The number of aromatic amines is 1. The quantitative estimate of drug-likeness (QED) is 0.805. The summed E-state index contributed by atoms with van der Waals surface area (Å²) in [6, 6.07) is 6.55.